The lowest BCUT2D eigenvalue weighted by Crippen LogP contribution is -2.10. The molecule has 0 aliphatic carbocycles. The first-order valence-electron chi connectivity index (χ1n) is 26.8. The lowest BCUT2D eigenvalue weighted by atomic mass is 10.1. The number of para-hydroxylation sites is 3. The predicted molar refractivity (Wildman–Crippen MR) is 343 cm³/mol. The molecule has 6 aromatic heterocycles. The summed E-state index contributed by atoms with van der Waals surface area (Å²) in [6.45, 7) is 0. The Bertz CT molecular complexity index is 5000. The molecule has 0 N–H and O–H groups in total. The average molecular weight is 1060 g/mol. The van der Waals surface area contributed by atoms with Gasteiger partial charge >= 0.3 is 0 Å². The number of thiophene rings is 3. The number of anilines is 3. The first-order valence-corrected chi connectivity index (χ1v) is 29.3. The molecule has 0 atom stereocenters. The van der Waals surface area contributed by atoms with Crippen molar-refractivity contribution in [3.63, 3.8) is 0 Å². The largest absolute Gasteiger partial charge is 0.310 e. The van der Waals surface area contributed by atoms with Gasteiger partial charge in [0.1, 0.15) is 0 Å². The van der Waals surface area contributed by atoms with E-state index in [-0.39, 0.29) is 0 Å². The topological polar surface area (TPSA) is 18.0 Å². The summed E-state index contributed by atoms with van der Waals surface area (Å²) in [4.78, 5) is 2.41. The Morgan fingerprint density at radius 2 is 0.481 bits per heavy atom. The van der Waals surface area contributed by atoms with Gasteiger partial charge in [0, 0.05) is 127 Å². The second-order valence-corrected chi connectivity index (χ2v) is 23.9. The van der Waals surface area contributed by atoms with Crippen molar-refractivity contribution < 1.29 is 0 Å². The van der Waals surface area contributed by atoms with E-state index in [4.69, 9.17) is 0 Å². The quantitative estimate of drug-likeness (QED) is 0.162. The molecule has 0 unspecified atom stereocenters. The molecule has 0 fully saturated rings. The van der Waals surface area contributed by atoms with Crippen molar-refractivity contribution in [1.82, 2.24) is 13.7 Å². The van der Waals surface area contributed by atoms with Crippen LogP contribution < -0.4 is 4.90 Å². The molecule has 18 rings (SSSR count). The van der Waals surface area contributed by atoms with Gasteiger partial charge in [0.25, 0.3) is 0 Å². The molecule has 6 heterocycles. The van der Waals surface area contributed by atoms with Crippen molar-refractivity contribution in [2.24, 2.45) is 0 Å². The van der Waals surface area contributed by atoms with E-state index in [0.29, 0.717) is 0 Å². The van der Waals surface area contributed by atoms with Crippen LogP contribution in [0, 0.1) is 0 Å². The van der Waals surface area contributed by atoms with Crippen LogP contribution in [0.1, 0.15) is 0 Å². The number of hydrogen-bond donors (Lipinski definition) is 0. The molecule has 0 radical (unpaired) electrons. The maximum absolute atomic E-state index is 2.45. The maximum atomic E-state index is 2.45. The zero-order chi connectivity index (χ0) is 51.4. The lowest BCUT2D eigenvalue weighted by molar-refractivity contribution is 1.16. The summed E-state index contributed by atoms with van der Waals surface area (Å²) < 4.78 is 15.3. The molecule has 368 valence electrons. The minimum absolute atomic E-state index is 1.07. The van der Waals surface area contributed by atoms with E-state index in [0.717, 1.165) is 34.1 Å². The molecule has 0 aliphatic rings. The second kappa shape index (κ2) is 16.5. The van der Waals surface area contributed by atoms with E-state index in [1.165, 1.54) is 126 Å². The maximum Gasteiger partial charge on any atom is 0.0555 e. The normalized spacial score (nSPS) is 12.3. The number of rotatable bonds is 6. The number of fused-ring (bicyclic) bond motifs is 21. The molecule has 0 aliphatic heterocycles. The van der Waals surface area contributed by atoms with Crippen molar-refractivity contribution in [2.75, 3.05) is 4.90 Å². The highest BCUT2D eigenvalue weighted by Crippen LogP contribution is 2.48. The van der Waals surface area contributed by atoms with Gasteiger partial charge in [-0.25, -0.2) is 0 Å². The SMILES string of the molecule is c1ccc2c(c1)sc1c2ccc2c1c1ccccc1n2-c1ccc(N(c2ccc(-n3c4ccccc4c4c5sc6ccccc6c5ccc43)cc2)c2ccc(-n3c4ccccc4c4c5sc6ccccc6c5ccc43)cc2)cc1. The monoisotopic (exact) mass is 1060 g/mol. The van der Waals surface area contributed by atoms with Crippen LogP contribution in [0.15, 0.2) is 255 Å². The minimum Gasteiger partial charge on any atom is -0.310 e. The van der Waals surface area contributed by atoms with Crippen LogP contribution in [0.5, 0.6) is 0 Å². The Kier molecular flexibility index (Phi) is 9.11. The van der Waals surface area contributed by atoms with Gasteiger partial charge in [0.05, 0.1) is 33.1 Å². The van der Waals surface area contributed by atoms with Gasteiger partial charge in [0.15, 0.2) is 0 Å². The fourth-order valence-electron chi connectivity index (χ4n) is 13.2. The fraction of sp³-hybridized carbons (Fsp3) is 0. The minimum atomic E-state index is 1.07. The summed E-state index contributed by atoms with van der Waals surface area (Å²) in [5, 5.41) is 15.7. The predicted octanol–water partition coefficient (Wildman–Crippen LogP) is 21.6. The Morgan fingerprint density at radius 1 is 0.215 bits per heavy atom. The van der Waals surface area contributed by atoms with E-state index >= 15 is 0 Å². The third-order valence-corrected chi connectivity index (χ3v) is 20.3. The molecule has 0 bridgehead atoms. The van der Waals surface area contributed by atoms with Crippen LogP contribution in [0.2, 0.25) is 0 Å². The number of nitrogens with zero attached hydrogens (tertiary/aromatic N) is 4. The molecule has 79 heavy (non-hydrogen) atoms. The zero-order valence-corrected chi connectivity index (χ0v) is 44.7. The summed E-state index contributed by atoms with van der Waals surface area (Å²) in [6.07, 6.45) is 0. The van der Waals surface area contributed by atoms with Gasteiger partial charge in [-0.05, 0) is 127 Å². The van der Waals surface area contributed by atoms with Crippen LogP contribution in [-0.4, -0.2) is 13.7 Å². The van der Waals surface area contributed by atoms with E-state index in [2.05, 4.69) is 273 Å². The lowest BCUT2D eigenvalue weighted by Gasteiger charge is -2.26. The van der Waals surface area contributed by atoms with E-state index in [1.807, 2.05) is 34.0 Å². The van der Waals surface area contributed by atoms with Gasteiger partial charge in [0.2, 0.25) is 0 Å². The third-order valence-electron chi connectivity index (χ3n) is 16.6. The second-order valence-electron chi connectivity index (χ2n) is 20.7. The van der Waals surface area contributed by atoms with Crippen molar-refractivity contribution in [2.45, 2.75) is 0 Å². The first kappa shape index (κ1) is 43.6. The molecule has 18 aromatic rings. The Hall–Kier alpha value is -9.50. The van der Waals surface area contributed by atoms with Crippen LogP contribution in [0.25, 0.3) is 143 Å². The van der Waals surface area contributed by atoms with E-state index in [9.17, 15) is 0 Å². The molecular weight excluding hydrogens is 1020 g/mol. The number of hydrogen-bond acceptors (Lipinski definition) is 4. The molecule has 0 spiro atoms. The van der Waals surface area contributed by atoms with Crippen molar-refractivity contribution in [3.8, 4) is 17.1 Å². The smallest absolute Gasteiger partial charge is 0.0555 e. The highest BCUT2D eigenvalue weighted by molar-refractivity contribution is 7.27. The van der Waals surface area contributed by atoms with Crippen LogP contribution in [-0.2, 0) is 0 Å². The third kappa shape index (κ3) is 6.17. The highest BCUT2D eigenvalue weighted by atomic mass is 32.1. The Morgan fingerprint density at radius 3 is 0.785 bits per heavy atom. The summed E-state index contributed by atoms with van der Waals surface area (Å²) in [6, 6.07) is 94.6. The van der Waals surface area contributed by atoms with Gasteiger partial charge in [-0.1, -0.05) is 127 Å². The van der Waals surface area contributed by atoms with Crippen LogP contribution in [0.4, 0.5) is 17.1 Å². The molecule has 7 heteroatoms. The molecule has 0 amide bonds. The zero-order valence-electron chi connectivity index (χ0n) is 42.3. The molecule has 4 nitrogen and oxygen atoms in total. The fourth-order valence-corrected chi connectivity index (χ4v) is 17.0. The van der Waals surface area contributed by atoms with Crippen LogP contribution in [0.3, 0.4) is 0 Å². The van der Waals surface area contributed by atoms with E-state index < -0.39 is 0 Å². The number of benzene rings is 12. The van der Waals surface area contributed by atoms with E-state index in [1.54, 1.807) is 0 Å². The van der Waals surface area contributed by atoms with Gasteiger partial charge in [-0.2, -0.15) is 0 Å². The first-order chi connectivity index (χ1) is 39.2. The molecule has 0 saturated heterocycles. The van der Waals surface area contributed by atoms with Gasteiger partial charge in [-0.15, -0.1) is 34.0 Å². The summed E-state index contributed by atoms with van der Waals surface area (Å²) in [5.41, 5.74) is 13.9. The Balaban J connectivity index is 0.796. The summed E-state index contributed by atoms with van der Waals surface area (Å²) >= 11 is 5.69. The molecular formula is C72H42N4S3. The standard InChI is InChI=1S/C72H42N4S3/c1-7-19-58-55(16-1)67-61(40-37-52-49-13-4-10-22-64(49)77-70(52)67)74(58)46-31-25-43(26-32-46)73(44-27-33-47(34-28-44)75-59-20-8-2-17-56(59)68-62(75)41-38-53-50-14-5-11-23-65(50)78-71(53)68)45-29-35-48(36-30-45)76-60-21-9-3-18-57(60)69-63(76)42-39-54-51-15-6-12-24-66(51)79-72(54)69/h1-42H. The average Bonchev–Trinajstić information content (AvgIpc) is 4.33. The Labute approximate surface area is 464 Å². The summed E-state index contributed by atoms with van der Waals surface area (Å²) in [7, 11) is 0. The molecule has 0 saturated carbocycles. The highest BCUT2D eigenvalue weighted by Gasteiger charge is 2.23. The van der Waals surface area contributed by atoms with Crippen LogP contribution >= 0.6 is 34.0 Å². The van der Waals surface area contributed by atoms with Gasteiger partial charge in [-0.3, -0.25) is 0 Å². The van der Waals surface area contributed by atoms with Crippen molar-refractivity contribution >= 4 is 177 Å². The van der Waals surface area contributed by atoms with Crippen molar-refractivity contribution in [1.29, 1.82) is 0 Å². The van der Waals surface area contributed by atoms with Crippen molar-refractivity contribution in [3.05, 3.63) is 255 Å². The van der Waals surface area contributed by atoms with Gasteiger partial charge < -0.3 is 18.6 Å². The summed E-state index contributed by atoms with van der Waals surface area (Å²) in [5.74, 6) is 0. The number of aromatic nitrogens is 3. The molecule has 12 aromatic carbocycles.